The molecule has 0 spiro atoms. The normalized spacial score (nSPS) is 20.8. The number of benzene rings is 1. The Morgan fingerprint density at radius 2 is 2.33 bits per heavy atom. The van der Waals surface area contributed by atoms with Crippen molar-refractivity contribution in [2.24, 2.45) is 0 Å². The van der Waals surface area contributed by atoms with Crippen molar-refractivity contribution in [2.45, 2.75) is 25.5 Å². The van der Waals surface area contributed by atoms with Gasteiger partial charge in [0.2, 0.25) is 0 Å². The Kier molecular flexibility index (Phi) is 3.78. The molecule has 6 nitrogen and oxygen atoms in total. The highest BCUT2D eigenvalue weighted by Crippen LogP contribution is 2.26. The van der Waals surface area contributed by atoms with Crippen molar-refractivity contribution in [3.63, 3.8) is 0 Å². The van der Waals surface area contributed by atoms with Crippen LogP contribution in [0.4, 0.5) is 11.4 Å². The van der Waals surface area contributed by atoms with Crippen LogP contribution in [-0.2, 0) is 6.54 Å². The molecule has 98 valence electrons. The lowest BCUT2D eigenvalue weighted by molar-refractivity contribution is -0.384. The number of anilines is 1. The van der Waals surface area contributed by atoms with E-state index in [1.54, 1.807) is 12.1 Å². The molecule has 0 amide bonds. The van der Waals surface area contributed by atoms with Crippen molar-refractivity contribution in [3.05, 3.63) is 33.9 Å². The zero-order valence-corrected chi connectivity index (χ0v) is 10.1. The van der Waals surface area contributed by atoms with Gasteiger partial charge in [0.15, 0.2) is 0 Å². The first-order valence-electron chi connectivity index (χ1n) is 6.00. The molecule has 18 heavy (non-hydrogen) atoms. The Balaban J connectivity index is 2.14. The number of nitro benzene ring substituents is 1. The summed E-state index contributed by atoms with van der Waals surface area (Å²) in [5, 5.41) is 20.4. The second kappa shape index (κ2) is 5.32. The Labute approximate surface area is 105 Å². The second-order valence-electron chi connectivity index (χ2n) is 4.64. The van der Waals surface area contributed by atoms with Crippen molar-refractivity contribution in [3.8, 4) is 0 Å². The van der Waals surface area contributed by atoms with Gasteiger partial charge >= 0.3 is 0 Å². The quantitative estimate of drug-likeness (QED) is 0.477. The van der Waals surface area contributed by atoms with Crippen LogP contribution in [0.3, 0.4) is 0 Å². The smallest absolute Gasteiger partial charge is 0.292 e. The predicted octanol–water partition coefficient (Wildman–Crippen LogP) is 1.13. The molecule has 1 aromatic carbocycles. The van der Waals surface area contributed by atoms with Crippen LogP contribution in [0.1, 0.15) is 18.4 Å². The van der Waals surface area contributed by atoms with Crippen LogP contribution in [0.25, 0.3) is 0 Å². The average molecular weight is 251 g/mol. The highest BCUT2D eigenvalue weighted by Gasteiger charge is 2.20. The van der Waals surface area contributed by atoms with E-state index in [2.05, 4.69) is 4.90 Å². The number of hydrogen-bond donors (Lipinski definition) is 2. The molecule has 0 saturated carbocycles. The first-order valence-corrected chi connectivity index (χ1v) is 6.00. The Morgan fingerprint density at radius 3 is 3.00 bits per heavy atom. The number of nitrogens with zero attached hydrogens (tertiary/aromatic N) is 2. The van der Waals surface area contributed by atoms with E-state index in [4.69, 9.17) is 5.73 Å². The number of nitrogen functional groups attached to an aromatic ring is 1. The van der Waals surface area contributed by atoms with E-state index in [0.29, 0.717) is 13.1 Å². The number of nitro groups is 1. The van der Waals surface area contributed by atoms with Gasteiger partial charge in [-0.3, -0.25) is 15.0 Å². The highest BCUT2D eigenvalue weighted by molar-refractivity contribution is 5.62. The van der Waals surface area contributed by atoms with Gasteiger partial charge in [0.1, 0.15) is 5.69 Å². The number of nitrogens with two attached hydrogens (primary N) is 1. The topological polar surface area (TPSA) is 92.6 Å². The molecule has 0 aliphatic carbocycles. The van der Waals surface area contributed by atoms with Gasteiger partial charge in [0.25, 0.3) is 5.69 Å². The summed E-state index contributed by atoms with van der Waals surface area (Å²) in [6, 6.07) is 4.84. The first kappa shape index (κ1) is 12.8. The third-order valence-electron chi connectivity index (χ3n) is 3.24. The first-order chi connectivity index (χ1) is 8.58. The van der Waals surface area contributed by atoms with Crippen LogP contribution < -0.4 is 5.73 Å². The molecule has 6 heteroatoms. The van der Waals surface area contributed by atoms with Gasteiger partial charge in [-0.1, -0.05) is 12.1 Å². The number of hydrogen-bond acceptors (Lipinski definition) is 5. The number of para-hydroxylation sites is 1. The Hall–Kier alpha value is -1.66. The molecule has 1 heterocycles. The molecular formula is C12H17N3O3. The van der Waals surface area contributed by atoms with Gasteiger partial charge < -0.3 is 10.8 Å². The third-order valence-corrected chi connectivity index (χ3v) is 3.24. The molecular weight excluding hydrogens is 234 g/mol. The maximum atomic E-state index is 10.8. The summed E-state index contributed by atoms with van der Waals surface area (Å²) in [6.07, 6.45) is 1.45. The van der Waals surface area contributed by atoms with Crippen LogP contribution in [0, 0.1) is 10.1 Å². The summed E-state index contributed by atoms with van der Waals surface area (Å²) in [5.74, 6) is 0. The van der Waals surface area contributed by atoms with E-state index >= 15 is 0 Å². The van der Waals surface area contributed by atoms with E-state index in [9.17, 15) is 15.2 Å². The van der Waals surface area contributed by atoms with Crippen LogP contribution in [0.2, 0.25) is 0 Å². The lowest BCUT2D eigenvalue weighted by atomic mass is 10.1. The van der Waals surface area contributed by atoms with Crippen LogP contribution in [0.15, 0.2) is 18.2 Å². The predicted molar refractivity (Wildman–Crippen MR) is 68.0 cm³/mol. The maximum Gasteiger partial charge on any atom is 0.292 e. The van der Waals surface area contributed by atoms with E-state index in [0.717, 1.165) is 24.9 Å². The van der Waals surface area contributed by atoms with Crippen molar-refractivity contribution in [1.82, 2.24) is 4.90 Å². The summed E-state index contributed by atoms with van der Waals surface area (Å²) >= 11 is 0. The minimum atomic E-state index is -0.468. The molecule has 1 saturated heterocycles. The molecule has 2 rings (SSSR count). The van der Waals surface area contributed by atoms with Crippen molar-refractivity contribution >= 4 is 11.4 Å². The second-order valence-corrected chi connectivity index (χ2v) is 4.64. The fourth-order valence-electron chi connectivity index (χ4n) is 2.31. The fraction of sp³-hybridized carbons (Fsp3) is 0.500. The van der Waals surface area contributed by atoms with Gasteiger partial charge in [-0.15, -0.1) is 0 Å². The summed E-state index contributed by atoms with van der Waals surface area (Å²) in [6.45, 7) is 2.03. The SMILES string of the molecule is Nc1c(CN2CCCC(O)C2)cccc1[N+](=O)[O-]. The van der Waals surface area contributed by atoms with Gasteiger partial charge in [-0.25, -0.2) is 0 Å². The molecule has 1 aliphatic rings. The lowest BCUT2D eigenvalue weighted by Crippen LogP contribution is -2.37. The molecule has 1 atom stereocenters. The van der Waals surface area contributed by atoms with Gasteiger partial charge in [0, 0.05) is 19.2 Å². The van der Waals surface area contributed by atoms with Crippen molar-refractivity contribution in [2.75, 3.05) is 18.8 Å². The molecule has 0 aromatic heterocycles. The number of β-amino-alcohol motifs (C(OH)–C–C–N with tert-alkyl or cyclic N) is 1. The van der Waals surface area contributed by atoms with Gasteiger partial charge in [-0.05, 0) is 24.9 Å². The Bertz CT molecular complexity index is 450. The van der Waals surface area contributed by atoms with E-state index in [-0.39, 0.29) is 17.5 Å². The molecule has 1 aliphatic heterocycles. The molecule has 1 unspecified atom stereocenters. The van der Waals surface area contributed by atoms with Gasteiger partial charge in [0.05, 0.1) is 11.0 Å². The third kappa shape index (κ3) is 2.77. The summed E-state index contributed by atoms with van der Waals surface area (Å²) < 4.78 is 0. The molecule has 3 N–H and O–H groups in total. The average Bonchev–Trinajstić information content (AvgIpc) is 2.31. The van der Waals surface area contributed by atoms with Gasteiger partial charge in [-0.2, -0.15) is 0 Å². The molecule has 0 bridgehead atoms. The number of aliphatic hydroxyl groups is 1. The number of aliphatic hydroxyl groups excluding tert-OH is 1. The minimum Gasteiger partial charge on any atom is -0.393 e. The lowest BCUT2D eigenvalue weighted by Gasteiger charge is -2.30. The highest BCUT2D eigenvalue weighted by atomic mass is 16.6. The zero-order chi connectivity index (χ0) is 13.1. The molecule has 1 aromatic rings. The Morgan fingerprint density at radius 1 is 1.56 bits per heavy atom. The monoisotopic (exact) mass is 251 g/mol. The maximum absolute atomic E-state index is 10.8. The number of likely N-dealkylation sites (tertiary alicyclic amines) is 1. The number of rotatable bonds is 3. The standard InChI is InChI=1S/C12H17N3O3/c13-12-9(3-1-5-11(12)15(17)18)7-14-6-2-4-10(16)8-14/h1,3,5,10,16H,2,4,6-8,13H2. The molecule has 0 radical (unpaired) electrons. The number of piperidine rings is 1. The van der Waals surface area contributed by atoms with Crippen LogP contribution in [0.5, 0.6) is 0 Å². The summed E-state index contributed by atoms with van der Waals surface area (Å²) in [4.78, 5) is 12.4. The fourth-order valence-corrected chi connectivity index (χ4v) is 2.31. The van der Waals surface area contributed by atoms with Crippen LogP contribution in [-0.4, -0.2) is 34.1 Å². The largest absolute Gasteiger partial charge is 0.393 e. The minimum absolute atomic E-state index is 0.0509. The van der Waals surface area contributed by atoms with E-state index < -0.39 is 4.92 Å². The van der Waals surface area contributed by atoms with E-state index in [1.807, 2.05) is 0 Å². The van der Waals surface area contributed by atoms with Crippen molar-refractivity contribution in [1.29, 1.82) is 0 Å². The van der Waals surface area contributed by atoms with Crippen molar-refractivity contribution < 1.29 is 10.0 Å². The summed E-state index contributed by atoms with van der Waals surface area (Å²) in [7, 11) is 0. The zero-order valence-electron chi connectivity index (χ0n) is 10.1. The van der Waals surface area contributed by atoms with Crippen LogP contribution >= 0.6 is 0 Å². The van der Waals surface area contributed by atoms with E-state index in [1.165, 1.54) is 6.07 Å². The molecule has 1 fully saturated rings. The summed E-state index contributed by atoms with van der Waals surface area (Å²) in [5.41, 5.74) is 6.73.